The van der Waals surface area contributed by atoms with Crippen molar-refractivity contribution in [2.24, 2.45) is 0 Å². The van der Waals surface area contributed by atoms with Crippen molar-refractivity contribution in [3.05, 3.63) is 12.3 Å². The van der Waals surface area contributed by atoms with E-state index >= 15 is 0 Å². The molecule has 0 spiro atoms. The van der Waals surface area contributed by atoms with Gasteiger partial charge in [-0.25, -0.2) is 0 Å². The Morgan fingerprint density at radius 1 is 1.04 bits per heavy atom. The first kappa shape index (κ1) is 18.6. The van der Waals surface area contributed by atoms with Gasteiger partial charge in [-0.3, -0.25) is 15.4 Å². The Hall–Kier alpha value is -0.720. The third-order valence-corrected chi connectivity index (χ3v) is 5.90. The summed E-state index contributed by atoms with van der Waals surface area (Å²) < 4.78 is 0. The molecule has 1 aliphatic carbocycles. The lowest BCUT2D eigenvalue weighted by atomic mass is 9.98. The molecule has 0 aromatic rings. The van der Waals surface area contributed by atoms with Crippen LogP contribution in [-0.2, 0) is 4.79 Å². The SMILES string of the molecule is C=C1NN[C@]([NH2+]C2CCCCCCCCCCC2)(SC)NC1=O. The number of quaternary nitrogens is 1. The third-order valence-electron chi connectivity index (χ3n) is 4.91. The predicted octanol–water partition coefficient (Wildman–Crippen LogP) is 1.94. The van der Waals surface area contributed by atoms with Crippen molar-refractivity contribution >= 4 is 17.7 Å². The van der Waals surface area contributed by atoms with E-state index in [1.165, 1.54) is 70.6 Å². The van der Waals surface area contributed by atoms with Crippen molar-refractivity contribution in [1.82, 2.24) is 16.2 Å². The van der Waals surface area contributed by atoms with E-state index in [1.807, 2.05) is 6.26 Å². The molecule has 6 heteroatoms. The van der Waals surface area contributed by atoms with E-state index in [1.54, 1.807) is 11.8 Å². The maximum Gasteiger partial charge on any atom is 0.297 e. The largest absolute Gasteiger partial charge is 0.310 e. The maximum absolute atomic E-state index is 12.0. The highest BCUT2D eigenvalue weighted by Crippen LogP contribution is 2.17. The predicted molar refractivity (Wildman–Crippen MR) is 96.3 cm³/mol. The van der Waals surface area contributed by atoms with Crippen LogP contribution in [-0.4, -0.2) is 23.3 Å². The highest BCUT2D eigenvalue weighted by molar-refractivity contribution is 7.99. The van der Waals surface area contributed by atoms with E-state index in [0.717, 1.165) is 0 Å². The summed E-state index contributed by atoms with van der Waals surface area (Å²) >= 11 is 1.62. The summed E-state index contributed by atoms with van der Waals surface area (Å²) in [5.74, 6) is -0.123. The lowest BCUT2D eigenvalue weighted by molar-refractivity contribution is -0.745. The third kappa shape index (κ3) is 6.01. The molecular weight excluding hydrogens is 308 g/mol. The van der Waals surface area contributed by atoms with Crippen LogP contribution in [0.15, 0.2) is 12.3 Å². The van der Waals surface area contributed by atoms with Crippen molar-refractivity contribution in [1.29, 1.82) is 0 Å². The first-order chi connectivity index (χ1) is 11.2. The molecule has 0 bridgehead atoms. The molecule has 1 aliphatic heterocycles. The first-order valence-electron chi connectivity index (χ1n) is 9.11. The second kappa shape index (κ2) is 9.55. The smallest absolute Gasteiger partial charge is 0.297 e. The molecule has 0 aromatic heterocycles. The highest BCUT2D eigenvalue weighted by atomic mass is 32.2. The summed E-state index contributed by atoms with van der Waals surface area (Å²) in [4.78, 5) is 12.0. The van der Waals surface area contributed by atoms with Gasteiger partial charge in [-0.1, -0.05) is 63.3 Å². The van der Waals surface area contributed by atoms with E-state index < -0.39 is 5.12 Å². The zero-order valence-corrected chi connectivity index (χ0v) is 15.3. The van der Waals surface area contributed by atoms with Gasteiger partial charge in [0.15, 0.2) is 0 Å². The minimum absolute atomic E-state index is 0.123. The second-order valence-corrected chi connectivity index (χ2v) is 7.86. The van der Waals surface area contributed by atoms with E-state index in [4.69, 9.17) is 0 Å². The van der Waals surface area contributed by atoms with Crippen molar-refractivity contribution in [3.63, 3.8) is 0 Å². The van der Waals surface area contributed by atoms with Gasteiger partial charge >= 0.3 is 0 Å². The average Bonchev–Trinajstić information content (AvgIpc) is 2.54. The van der Waals surface area contributed by atoms with Crippen LogP contribution in [0.25, 0.3) is 0 Å². The maximum atomic E-state index is 12.0. The summed E-state index contributed by atoms with van der Waals surface area (Å²) in [6, 6.07) is 0.544. The van der Waals surface area contributed by atoms with E-state index in [-0.39, 0.29) is 5.91 Å². The first-order valence-corrected chi connectivity index (χ1v) is 10.3. The summed E-state index contributed by atoms with van der Waals surface area (Å²) in [5, 5.41) is 4.84. The normalized spacial score (nSPS) is 29.1. The van der Waals surface area contributed by atoms with E-state index in [0.29, 0.717) is 11.7 Å². The minimum atomic E-state index is -0.528. The van der Waals surface area contributed by atoms with Crippen molar-refractivity contribution in [2.75, 3.05) is 6.26 Å². The average molecular weight is 342 g/mol. The molecule has 2 aliphatic rings. The number of rotatable bonds is 3. The molecule has 132 valence electrons. The fourth-order valence-electron chi connectivity index (χ4n) is 3.45. The van der Waals surface area contributed by atoms with Gasteiger partial charge in [-0.05, 0) is 31.9 Å². The molecule has 23 heavy (non-hydrogen) atoms. The number of amides is 1. The lowest BCUT2D eigenvalue weighted by Gasteiger charge is -2.38. The van der Waals surface area contributed by atoms with Crippen molar-refractivity contribution in [3.8, 4) is 0 Å². The molecular formula is C17H33N4OS+. The lowest BCUT2D eigenvalue weighted by Crippen LogP contribution is -3.08. The number of nitrogens with one attached hydrogen (secondary N) is 3. The summed E-state index contributed by atoms with van der Waals surface area (Å²) in [5.41, 5.74) is 6.52. The second-order valence-electron chi connectivity index (χ2n) is 6.81. The van der Waals surface area contributed by atoms with Crippen LogP contribution in [0.5, 0.6) is 0 Å². The van der Waals surface area contributed by atoms with Crippen LogP contribution < -0.4 is 21.5 Å². The van der Waals surface area contributed by atoms with Crippen molar-refractivity contribution in [2.45, 2.75) is 81.8 Å². The quantitative estimate of drug-likeness (QED) is 0.468. The van der Waals surface area contributed by atoms with Gasteiger partial charge in [0, 0.05) is 0 Å². The number of carbonyl (C=O) groups is 1. The van der Waals surface area contributed by atoms with E-state index in [2.05, 4.69) is 28.1 Å². The Labute approximate surface area is 144 Å². The molecule has 1 amide bonds. The minimum Gasteiger partial charge on any atom is -0.310 e. The molecule has 0 radical (unpaired) electrons. The summed E-state index contributed by atoms with van der Waals surface area (Å²) in [6.07, 6.45) is 16.7. The monoisotopic (exact) mass is 341 g/mol. The number of hydrogen-bond donors (Lipinski definition) is 4. The molecule has 1 atom stereocenters. The zero-order valence-electron chi connectivity index (χ0n) is 14.5. The van der Waals surface area contributed by atoms with Crippen LogP contribution >= 0.6 is 11.8 Å². The molecule has 5 nitrogen and oxygen atoms in total. The molecule has 2 rings (SSSR count). The Morgan fingerprint density at radius 2 is 1.57 bits per heavy atom. The van der Waals surface area contributed by atoms with Gasteiger partial charge in [0.2, 0.25) is 0 Å². The van der Waals surface area contributed by atoms with Gasteiger partial charge in [-0.15, -0.1) is 0 Å². The van der Waals surface area contributed by atoms with Crippen LogP contribution in [0.1, 0.15) is 70.6 Å². The number of carbonyl (C=O) groups excluding carboxylic acids is 1. The molecule has 0 aromatic carbocycles. The summed E-state index contributed by atoms with van der Waals surface area (Å²) in [6.45, 7) is 3.70. The Bertz CT molecular complexity index is 392. The molecule has 2 fully saturated rings. The standard InChI is InChI=1S/C17H32N4OS/c1-14-16(22)19-17(23-2,21-20-14)18-15-12-10-8-6-4-3-5-7-9-11-13-15/h15,18,20-21H,1,3-13H2,2H3,(H,19,22)/p+1/t17-/m1/s1. The van der Waals surface area contributed by atoms with Gasteiger partial charge in [0.1, 0.15) is 5.70 Å². The molecule has 0 unspecified atom stereocenters. The molecule has 1 saturated carbocycles. The topological polar surface area (TPSA) is 69.8 Å². The molecule has 5 N–H and O–H groups in total. The van der Waals surface area contributed by atoms with E-state index in [9.17, 15) is 4.79 Å². The van der Waals surface area contributed by atoms with Crippen LogP contribution in [0, 0.1) is 0 Å². The highest BCUT2D eigenvalue weighted by Gasteiger charge is 2.41. The molecule has 1 heterocycles. The molecule has 1 saturated heterocycles. The van der Waals surface area contributed by atoms with Gasteiger partial charge < -0.3 is 5.43 Å². The Kier molecular flexibility index (Phi) is 7.73. The van der Waals surface area contributed by atoms with Crippen LogP contribution in [0.2, 0.25) is 0 Å². The fourth-order valence-corrected chi connectivity index (χ4v) is 4.12. The number of thioether (sulfide) groups is 1. The Morgan fingerprint density at radius 3 is 2.04 bits per heavy atom. The number of hydrazine groups is 1. The van der Waals surface area contributed by atoms with Crippen LogP contribution in [0.3, 0.4) is 0 Å². The number of nitrogens with two attached hydrogens (primary N) is 1. The zero-order chi connectivity index (χ0) is 16.5. The van der Waals surface area contributed by atoms with Gasteiger partial charge in [0.05, 0.1) is 6.04 Å². The van der Waals surface area contributed by atoms with Crippen LogP contribution in [0.4, 0.5) is 0 Å². The van der Waals surface area contributed by atoms with Gasteiger partial charge in [0.25, 0.3) is 11.0 Å². The fraction of sp³-hybridized carbons (Fsp3) is 0.824. The Balaban J connectivity index is 1.92. The summed E-state index contributed by atoms with van der Waals surface area (Å²) in [7, 11) is 0. The number of hydrogen-bond acceptors (Lipinski definition) is 4. The van der Waals surface area contributed by atoms with Gasteiger partial charge in [-0.2, -0.15) is 5.43 Å². The van der Waals surface area contributed by atoms with Crippen molar-refractivity contribution < 1.29 is 10.1 Å².